The van der Waals surface area contributed by atoms with Crippen LogP contribution in [-0.2, 0) is 14.8 Å². The van der Waals surface area contributed by atoms with Crippen LogP contribution in [0, 0.1) is 5.82 Å². The van der Waals surface area contributed by atoms with E-state index >= 15 is 0 Å². The summed E-state index contributed by atoms with van der Waals surface area (Å²) in [5.41, 5.74) is 2.68. The van der Waals surface area contributed by atoms with Crippen LogP contribution in [0.25, 0.3) is 16.7 Å². The summed E-state index contributed by atoms with van der Waals surface area (Å²) in [6.07, 6.45) is 6.00. The van der Waals surface area contributed by atoms with Gasteiger partial charge in [-0.25, -0.2) is 27.2 Å². The van der Waals surface area contributed by atoms with Crippen LogP contribution in [0.3, 0.4) is 0 Å². The highest BCUT2D eigenvalue weighted by Crippen LogP contribution is 2.43. The van der Waals surface area contributed by atoms with Crippen molar-refractivity contribution in [1.29, 1.82) is 0 Å². The molecule has 0 radical (unpaired) electrons. The van der Waals surface area contributed by atoms with E-state index in [1.807, 2.05) is 0 Å². The van der Waals surface area contributed by atoms with Crippen molar-refractivity contribution in [2.75, 3.05) is 43.9 Å². The molecule has 6 rings (SSSR count). The molecule has 0 atom stereocenters. The topological polar surface area (TPSA) is 110 Å². The lowest BCUT2D eigenvalue weighted by atomic mass is 9.82. The van der Waals surface area contributed by atoms with Crippen LogP contribution < -0.4 is 9.62 Å². The van der Waals surface area contributed by atoms with Crippen LogP contribution in [-0.4, -0.2) is 84.7 Å². The largest absolute Gasteiger partial charge is 0.373 e. The summed E-state index contributed by atoms with van der Waals surface area (Å²) in [7, 11) is -3.79. The minimum absolute atomic E-state index is 0.00148. The van der Waals surface area contributed by atoms with E-state index in [0.717, 1.165) is 87.9 Å². The van der Waals surface area contributed by atoms with Crippen LogP contribution in [0.4, 0.5) is 10.1 Å². The molecule has 1 N–H and O–H groups in total. The van der Waals surface area contributed by atoms with E-state index in [1.165, 1.54) is 12.1 Å². The number of nitrogens with zero attached hydrogens (tertiary/aromatic N) is 5. The summed E-state index contributed by atoms with van der Waals surface area (Å²) in [5, 5.41) is 5.85. The van der Waals surface area contributed by atoms with Crippen molar-refractivity contribution >= 4 is 32.7 Å². The Kier molecular flexibility index (Phi) is 7.27. The zero-order valence-corrected chi connectivity index (χ0v) is 24.6. The lowest BCUT2D eigenvalue weighted by molar-refractivity contribution is -0.0990. The van der Waals surface area contributed by atoms with Gasteiger partial charge in [-0.1, -0.05) is 6.42 Å². The molecule has 1 saturated carbocycles. The molecule has 0 bridgehead atoms. The summed E-state index contributed by atoms with van der Waals surface area (Å²) in [4.78, 5) is 22.6. The van der Waals surface area contributed by atoms with Crippen LogP contribution in [0.5, 0.6) is 0 Å². The van der Waals surface area contributed by atoms with Gasteiger partial charge in [0.2, 0.25) is 10.0 Å². The molecule has 4 heterocycles. The van der Waals surface area contributed by atoms with Gasteiger partial charge < -0.3 is 9.64 Å². The number of sulfonamides is 1. The predicted molar refractivity (Wildman–Crippen MR) is 155 cm³/mol. The molecule has 2 aliphatic heterocycles. The molecule has 220 valence electrons. The molecule has 1 amide bonds. The Hall–Kier alpha value is -3.09. The van der Waals surface area contributed by atoms with E-state index in [4.69, 9.17) is 9.84 Å². The molecule has 1 aromatic carbocycles. The normalized spacial score (nSPS) is 20.7. The Balaban J connectivity index is 1.42. The van der Waals surface area contributed by atoms with E-state index in [9.17, 15) is 17.6 Å². The second-order valence-corrected chi connectivity index (χ2v) is 13.9. The molecule has 41 heavy (non-hydrogen) atoms. The lowest BCUT2D eigenvalue weighted by Gasteiger charge is -2.45. The number of piperidine rings is 1. The summed E-state index contributed by atoms with van der Waals surface area (Å²) in [5.74, 6) is -0.889. The highest BCUT2D eigenvalue weighted by molar-refractivity contribution is 7.89. The molecule has 2 saturated heterocycles. The van der Waals surface area contributed by atoms with Crippen LogP contribution in [0.2, 0.25) is 0 Å². The SMILES string of the molecule is CC1(C)CN(C2CCN(c3cc(C(=O)NS(C)(=O)=O)nc4c3c(C3CCC3)nn4-c3ccc(F)cc3)CC2)CCO1. The monoisotopic (exact) mass is 584 g/mol. The number of carbonyl (C=O) groups excluding carboxylic acids is 1. The molecular formula is C29H37FN6O4S. The number of anilines is 1. The average Bonchev–Trinajstić information content (AvgIpc) is 3.25. The summed E-state index contributed by atoms with van der Waals surface area (Å²) in [6.45, 7) is 8.35. The quantitative estimate of drug-likeness (QED) is 0.468. The molecule has 0 unspecified atom stereocenters. The number of morpholine rings is 1. The number of pyridine rings is 1. The Bertz CT molecular complexity index is 1560. The highest BCUT2D eigenvalue weighted by Gasteiger charge is 2.35. The van der Waals surface area contributed by atoms with Crippen molar-refractivity contribution in [1.82, 2.24) is 24.4 Å². The Morgan fingerprint density at radius 2 is 1.80 bits per heavy atom. The molecule has 1 aliphatic carbocycles. The summed E-state index contributed by atoms with van der Waals surface area (Å²) < 4.78 is 47.3. The smallest absolute Gasteiger partial charge is 0.283 e. The van der Waals surface area contributed by atoms with E-state index in [0.29, 0.717) is 17.4 Å². The fourth-order valence-corrected chi connectivity index (χ4v) is 6.72. The Morgan fingerprint density at radius 3 is 2.41 bits per heavy atom. The third kappa shape index (κ3) is 5.82. The van der Waals surface area contributed by atoms with Gasteiger partial charge in [-0.15, -0.1) is 0 Å². The van der Waals surface area contributed by atoms with E-state index in [1.54, 1.807) is 22.9 Å². The zero-order chi connectivity index (χ0) is 28.9. The number of halogens is 1. The third-order valence-corrected chi connectivity index (χ3v) is 9.05. The maximum absolute atomic E-state index is 13.8. The van der Waals surface area contributed by atoms with Crippen molar-refractivity contribution in [3.05, 3.63) is 47.5 Å². The van der Waals surface area contributed by atoms with Crippen molar-refractivity contribution < 1.29 is 22.3 Å². The molecule has 3 aromatic rings. The van der Waals surface area contributed by atoms with Crippen molar-refractivity contribution in [2.45, 2.75) is 63.5 Å². The fourth-order valence-electron chi connectivity index (χ4n) is 6.28. The van der Waals surface area contributed by atoms with Crippen LogP contribution >= 0.6 is 0 Å². The molecule has 12 heteroatoms. The first-order chi connectivity index (χ1) is 19.5. The fraction of sp³-hybridized carbons (Fsp3) is 0.552. The maximum atomic E-state index is 13.8. The molecular weight excluding hydrogens is 547 g/mol. The second kappa shape index (κ2) is 10.6. The van der Waals surface area contributed by atoms with Gasteiger partial charge in [0.15, 0.2) is 5.65 Å². The molecule has 2 aromatic heterocycles. The number of benzene rings is 1. The number of hydrogen-bond donors (Lipinski definition) is 1. The van der Waals surface area contributed by atoms with E-state index in [2.05, 4.69) is 33.4 Å². The summed E-state index contributed by atoms with van der Waals surface area (Å²) >= 11 is 0. The number of fused-ring (bicyclic) bond motifs is 1. The minimum atomic E-state index is -3.79. The number of rotatable bonds is 6. The molecule has 3 fully saturated rings. The minimum Gasteiger partial charge on any atom is -0.373 e. The number of amides is 1. The number of ether oxygens (including phenoxy) is 1. The zero-order valence-electron chi connectivity index (χ0n) is 23.8. The number of carbonyl (C=O) groups is 1. The van der Waals surface area contributed by atoms with E-state index < -0.39 is 15.9 Å². The van der Waals surface area contributed by atoms with Gasteiger partial charge in [0.25, 0.3) is 5.91 Å². The van der Waals surface area contributed by atoms with Crippen LogP contribution in [0.1, 0.15) is 68.1 Å². The first kappa shape index (κ1) is 28.0. The van der Waals surface area contributed by atoms with Gasteiger partial charge >= 0.3 is 0 Å². The first-order valence-electron chi connectivity index (χ1n) is 14.3. The molecule has 3 aliphatic rings. The average molecular weight is 585 g/mol. The van der Waals surface area contributed by atoms with Crippen molar-refractivity contribution in [3.63, 3.8) is 0 Å². The summed E-state index contributed by atoms with van der Waals surface area (Å²) in [6, 6.07) is 8.14. The molecule has 10 nitrogen and oxygen atoms in total. The lowest BCUT2D eigenvalue weighted by Crippen LogP contribution is -2.54. The van der Waals surface area contributed by atoms with E-state index in [-0.39, 0.29) is 23.0 Å². The predicted octanol–water partition coefficient (Wildman–Crippen LogP) is 3.60. The highest BCUT2D eigenvalue weighted by atomic mass is 32.2. The molecule has 0 spiro atoms. The van der Waals surface area contributed by atoms with Gasteiger partial charge in [-0.2, -0.15) is 5.10 Å². The van der Waals surface area contributed by atoms with Crippen LogP contribution in [0.15, 0.2) is 30.3 Å². The van der Waals surface area contributed by atoms with Crippen molar-refractivity contribution in [3.8, 4) is 5.69 Å². The first-order valence-corrected chi connectivity index (χ1v) is 16.2. The Labute approximate surface area is 239 Å². The van der Waals surface area contributed by atoms with Crippen molar-refractivity contribution in [2.24, 2.45) is 0 Å². The van der Waals surface area contributed by atoms with Gasteiger partial charge in [-0.3, -0.25) is 9.69 Å². The maximum Gasteiger partial charge on any atom is 0.283 e. The van der Waals surface area contributed by atoms with Gasteiger partial charge in [0, 0.05) is 38.1 Å². The number of nitrogens with one attached hydrogen (secondary N) is 1. The van der Waals surface area contributed by atoms with Gasteiger partial charge in [-0.05, 0) is 69.9 Å². The standard InChI is InChI=1S/C29H37FN6O4S/c1-29(2)18-35(15-16-40-29)21-11-13-34(14-12-21)24-17-23(28(37)33-41(3,38)39)31-27-25(24)26(19-5-4-6-19)32-36(27)22-9-7-20(30)8-10-22/h7-10,17,19,21H,4-6,11-16,18H2,1-3H3,(H,33,37). The third-order valence-electron chi connectivity index (χ3n) is 8.49. The van der Waals surface area contributed by atoms with Gasteiger partial charge in [0.1, 0.15) is 11.5 Å². The number of aromatic nitrogens is 3. The number of hydrogen-bond acceptors (Lipinski definition) is 8. The Morgan fingerprint density at radius 1 is 1.10 bits per heavy atom. The second-order valence-electron chi connectivity index (χ2n) is 12.1. The van der Waals surface area contributed by atoms with Gasteiger partial charge in [0.05, 0.1) is 40.9 Å².